The molecule has 0 aliphatic rings. The van der Waals surface area contributed by atoms with Crippen LogP contribution in [0, 0.1) is 0 Å². The Kier molecular flexibility index (Phi) is 4.91. The summed E-state index contributed by atoms with van der Waals surface area (Å²) in [5.41, 5.74) is -0.311. The van der Waals surface area contributed by atoms with E-state index in [0.717, 1.165) is 5.01 Å². The molecule has 0 aliphatic heterocycles. The van der Waals surface area contributed by atoms with Crippen molar-refractivity contribution < 1.29 is 13.2 Å². The van der Waals surface area contributed by atoms with E-state index in [1.165, 1.54) is 11.3 Å². The third-order valence-corrected chi connectivity index (χ3v) is 3.26. The second-order valence-electron chi connectivity index (χ2n) is 4.18. The molecule has 0 unspecified atom stereocenters. The van der Waals surface area contributed by atoms with Crippen LogP contribution >= 0.6 is 11.3 Å². The van der Waals surface area contributed by atoms with Gasteiger partial charge in [-0.05, 0) is 13.8 Å². The van der Waals surface area contributed by atoms with Crippen molar-refractivity contribution in [2.24, 2.45) is 0 Å². The standard InChI is InChI=1S/C10H16F3N3S/c1-9(2,8-15-5-6-17-8)16-4-3-14-7-10(11,12)13/h5-6,14,16H,3-4,7H2,1-2H3. The number of rotatable bonds is 6. The first-order chi connectivity index (χ1) is 7.81. The van der Waals surface area contributed by atoms with Crippen LogP contribution in [0.25, 0.3) is 0 Å². The van der Waals surface area contributed by atoms with Gasteiger partial charge in [-0.25, -0.2) is 4.98 Å². The Bertz CT molecular complexity index is 322. The largest absolute Gasteiger partial charge is 0.401 e. The van der Waals surface area contributed by atoms with E-state index in [2.05, 4.69) is 15.6 Å². The highest BCUT2D eigenvalue weighted by atomic mass is 32.1. The molecule has 0 spiro atoms. The van der Waals surface area contributed by atoms with Gasteiger partial charge in [-0.15, -0.1) is 11.3 Å². The fourth-order valence-electron chi connectivity index (χ4n) is 1.30. The number of nitrogens with zero attached hydrogens (tertiary/aromatic N) is 1. The second kappa shape index (κ2) is 5.79. The van der Waals surface area contributed by atoms with E-state index in [-0.39, 0.29) is 12.1 Å². The summed E-state index contributed by atoms with van der Waals surface area (Å²) in [5.74, 6) is 0. The summed E-state index contributed by atoms with van der Waals surface area (Å²) < 4.78 is 35.5. The lowest BCUT2D eigenvalue weighted by Gasteiger charge is -2.24. The monoisotopic (exact) mass is 267 g/mol. The lowest BCUT2D eigenvalue weighted by Crippen LogP contribution is -2.41. The zero-order valence-corrected chi connectivity index (χ0v) is 10.6. The number of halogens is 3. The minimum Gasteiger partial charge on any atom is -0.307 e. The normalized spacial score (nSPS) is 13.0. The average Bonchev–Trinajstić information content (AvgIpc) is 2.68. The molecule has 1 aromatic rings. The first-order valence-electron chi connectivity index (χ1n) is 5.24. The molecule has 0 radical (unpaired) electrons. The predicted molar refractivity (Wildman–Crippen MR) is 62.1 cm³/mol. The Hall–Kier alpha value is -0.660. The molecule has 7 heteroatoms. The summed E-state index contributed by atoms with van der Waals surface area (Å²) in [4.78, 5) is 4.18. The fraction of sp³-hybridized carbons (Fsp3) is 0.700. The fourth-order valence-corrected chi connectivity index (χ4v) is 2.04. The van der Waals surface area contributed by atoms with Gasteiger partial charge in [-0.1, -0.05) is 0 Å². The van der Waals surface area contributed by atoms with Crippen molar-refractivity contribution in [2.75, 3.05) is 19.6 Å². The summed E-state index contributed by atoms with van der Waals surface area (Å²) in [6.45, 7) is 3.69. The molecule has 1 rings (SSSR count). The van der Waals surface area contributed by atoms with Gasteiger partial charge in [0.25, 0.3) is 0 Å². The molecule has 98 valence electrons. The van der Waals surface area contributed by atoms with Crippen molar-refractivity contribution in [1.29, 1.82) is 0 Å². The maximum absolute atomic E-state index is 11.8. The van der Waals surface area contributed by atoms with E-state index in [1.807, 2.05) is 19.2 Å². The van der Waals surface area contributed by atoms with Gasteiger partial charge in [0.2, 0.25) is 0 Å². The third kappa shape index (κ3) is 5.47. The van der Waals surface area contributed by atoms with Gasteiger partial charge in [-0.2, -0.15) is 13.2 Å². The minimum atomic E-state index is -4.15. The lowest BCUT2D eigenvalue weighted by atomic mass is 10.1. The second-order valence-corrected chi connectivity index (χ2v) is 5.08. The van der Waals surface area contributed by atoms with Crippen LogP contribution in [-0.2, 0) is 5.54 Å². The van der Waals surface area contributed by atoms with Crippen molar-refractivity contribution >= 4 is 11.3 Å². The highest BCUT2D eigenvalue weighted by Gasteiger charge is 2.26. The van der Waals surface area contributed by atoms with Gasteiger partial charge < -0.3 is 10.6 Å². The topological polar surface area (TPSA) is 37.0 Å². The van der Waals surface area contributed by atoms with Crippen LogP contribution in [0.5, 0.6) is 0 Å². The number of thiazole rings is 1. The summed E-state index contributed by atoms with van der Waals surface area (Å²) >= 11 is 1.52. The number of alkyl halides is 3. The molecule has 2 N–H and O–H groups in total. The maximum atomic E-state index is 11.8. The number of aromatic nitrogens is 1. The van der Waals surface area contributed by atoms with Crippen LogP contribution in [-0.4, -0.2) is 30.8 Å². The van der Waals surface area contributed by atoms with Crippen LogP contribution in [0.3, 0.4) is 0 Å². The summed E-state index contributed by atoms with van der Waals surface area (Å²) in [6, 6.07) is 0. The van der Waals surface area contributed by atoms with E-state index in [4.69, 9.17) is 0 Å². The number of nitrogens with one attached hydrogen (secondary N) is 2. The molecule has 0 amide bonds. The molecule has 17 heavy (non-hydrogen) atoms. The first-order valence-corrected chi connectivity index (χ1v) is 6.12. The molecule has 0 aromatic carbocycles. The van der Waals surface area contributed by atoms with Crippen molar-refractivity contribution in [2.45, 2.75) is 25.6 Å². The molecule has 3 nitrogen and oxygen atoms in total. The van der Waals surface area contributed by atoms with Crippen molar-refractivity contribution in [1.82, 2.24) is 15.6 Å². The maximum Gasteiger partial charge on any atom is 0.401 e. The van der Waals surface area contributed by atoms with E-state index in [0.29, 0.717) is 6.54 Å². The van der Waals surface area contributed by atoms with Gasteiger partial charge in [-0.3, -0.25) is 0 Å². The molecule has 0 atom stereocenters. The Morgan fingerprint density at radius 2 is 2.00 bits per heavy atom. The summed E-state index contributed by atoms with van der Waals surface area (Å²) in [6.07, 6.45) is -2.43. The Balaban J connectivity index is 2.23. The quantitative estimate of drug-likeness (QED) is 0.775. The van der Waals surface area contributed by atoms with Crippen LogP contribution in [0.1, 0.15) is 18.9 Å². The van der Waals surface area contributed by atoms with Gasteiger partial charge in [0.05, 0.1) is 12.1 Å². The zero-order chi connectivity index (χ0) is 12.9. The van der Waals surface area contributed by atoms with Crippen LogP contribution in [0.4, 0.5) is 13.2 Å². The predicted octanol–water partition coefficient (Wildman–Crippen LogP) is 2.12. The molecule has 0 aliphatic carbocycles. The Labute approximate surface area is 102 Å². The Morgan fingerprint density at radius 1 is 1.29 bits per heavy atom. The molecule has 0 bridgehead atoms. The van der Waals surface area contributed by atoms with E-state index in [1.54, 1.807) is 6.20 Å². The first kappa shape index (κ1) is 14.4. The minimum absolute atomic E-state index is 0.272. The highest BCUT2D eigenvalue weighted by molar-refractivity contribution is 7.09. The lowest BCUT2D eigenvalue weighted by molar-refractivity contribution is -0.124. The average molecular weight is 267 g/mol. The highest BCUT2D eigenvalue weighted by Crippen LogP contribution is 2.21. The number of hydrogen-bond donors (Lipinski definition) is 2. The van der Waals surface area contributed by atoms with Crippen LogP contribution in [0.15, 0.2) is 11.6 Å². The van der Waals surface area contributed by atoms with E-state index < -0.39 is 12.7 Å². The van der Waals surface area contributed by atoms with Crippen molar-refractivity contribution in [3.63, 3.8) is 0 Å². The van der Waals surface area contributed by atoms with Gasteiger partial charge in [0.15, 0.2) is 0 Å². The van der Waals surface area contributed by atoms with E-state index >= 15 is 0 Å². The van der Waals surface area contributed by atoms with Gasteiger partial charge in [0.1, 0.15) is 5.01 Å². The molecule has 1 aromatic heterocycles. The number of hydrogen-bond acceptors (Lipinski definition) is 4. The molecule has 1 heterocycles. The van der Waals surface area contributed by atoms with Crippen molar-refractivity contribution in [3.05, 3.63) is 16.6 Å². The van der Waals surface area contributed by atoms with Crippen LogP contribution < -0.4 is 10.6 Å². The van der Waals surface area contributed by atoms with E-state index in [9.17, 15) is 13.2 Å². The summed E-state index contributed by atoms with van der Waals surface area (Å²) in [7, 11) is 0. The molecule has 0 saturated heterocycles. The molecular formula is C10H16F3N3S. The van der Waals surface area contributed by atoms with Gasteiger partial charge >= 0.3 is 6.18 Å². The summed E-state index contributed by atoms with van der Waals surface area (Å²) in [5, 5.41) is 8.30. The Morgan fingerprint density at radius 3 is 2.53 bits per heavy atom. The molecular weight excluding hydrogens is 251 g/mol. The molecule has 0 fully saturated rings. The third-order valence-electron chi connectivity index (χ3n) is 2.16. The van der Waals surface area contributed by atoms with Crippen LogP contribution in [0.2, 0.25) is 0 Å². The van der Waals surface area contributed by atoms with Crippen molar-refractivity contribution in [3.8, 4) is 0 Å². The smallest absolute Gasteiger partial charge is 0.307 e. The molecule has 0 saturated carbocycles. The zero-order valence-electron chi connectivity index (χ0n) is 9.77. The SMILES string of the molecule is CC(C)(NCCNCC(F)(F)F)c1nccs1. The van der Waals surface area contributed by atoms with Gasteiger partial charge in [0, 0.05) is 24.7 Å².